The summed E-state index contributed by atoms with van der Waals surface area (Å²) in [7, 11) is 0. The molecule has 4 amide bonds. The van der Waals surface area contributed by atoms with Crippen molar-refractivity contribution in [3.05, 3.63) is 48.0 Å². The van der Waals surface area contributed by atoms with Gasteiger partial charge in [0.05, 0.1) is 49.6 Å². The van der Waals surface area contributed by atoms with E-state index < -0.39 is 127 Å². The number of aromatic hydroxyl groups is 1. The lowest BCUT2D eigenvalue weighted by molar-refractivity contribution is -0.138. The van der Waals surface area contributed by atoms with E-state index in [0.29, 0.717) is 17.7 Å². The molecule has 1 aromatic carbocycles. The normalized spacial score (nSPS) is 15.8. The lowest BCUT2D eigenvalue weighted by Crippen LogP contribution is -2.51. The first-order valence-corrected chi connectivity index (χ1v) is 20.6. The number of benzene rings is 1. The second-order valence-electron chi connectivity index (χ2n) is 16.3. The van der Waals surface area contributed by atoms with Crippen molar-refractivity contribution >= 4 is 46.8 Å². The van der Waals surface area contributed by atoms with E-state index in [9.17, 15) is 58.8 Å². The van der Waals surface area contributed by atoms with E-state index in [2.05, 4.69) is 31.2 Å². The summed E-state index contributed by atoms with van der Waals surface area (Å²) >= 11 is 0. The molecule has 2 rings (SSSR count). The molecule has 0 radical (unpaired) electrons. The number of H-pyrrole nitrogens is 1. The van der Waals surface area contributed by atoms with Gasteiger partial charge in [0.2, 0.25) is 23.6 Å². The predicted octanol–water partition coefficient (Wildman–Crippen LogP) is 0.632. The van der Waals surface area contributed by atoms with Gasteiger partial charge >= 0.3 is 0 Å². The number of hydrogen-bond acceptors (Lipinski definition) is 13. The van der Waals surface area contributed by atoms with E-state index in [0.717, 1.165) is 0 Å². The molecule has 0 aliphatic heterocycles. The highest BCUT2D eigenvalue weighted by Crippen LogP contribution is 2.22. The molecule has 0 saturated heterocycles. The molecule has 9 N–H and O–H groups in total. The van der Waals surface area contributed by atoms with Crippen molar-refractivity contribution in [3.63, 3.8) is 0 Å². The number of imidazole rings is 1. The average Bonchev–Trinajstić information content (AvgIpc) is 3.71. The number of carbonyl (C=O) groups is 8. The molecule has 338 valence electrons. The van der Waals surface area contributed by atoms with Crippen LogP contribution < -0.4 is 21.3 Å². The standard InChI is InChI=1S/C43H64N6O12/c1-8-24(4)40(39(58)17-30(15-31-19-44-22-45-31)41(59)47-35(20-50)26(6)53)49-42(60)29(13-23(2)3)16-37(56)36(21-51)48-43(61)33(25(5)52)18-38(57)34(46-27(7)54)14-28-9-11-32(55)12-10-28/h9-12,19,22-25,29-30,33-36,40,50-52,55H,8,13-18,20-21H2,1-7H3,(H,44,45)(H,46,54)(H,47,59)(H,48,61)(H,49,60)/t24-,25+,29+,30+,33?,34-,35-,36-,40-/m0/s1. The van der Waals surface area contributed by atoms with Gasteiger partial charge in [0.1, 0.15) is 17.8 Å². The third-order valence-electron chi connectivity index (χ3n) is 10.6. The smallest absolute Gasteiger partial charge is 0.226 e. The van der Waals surface area contributed by atoms with E-state index in [4.69, 9.17) is 0 Å². The van der Waals surface area contributed by atoms with Crippen LogP contribution in [0.3, 0.4) is 0 Å². The number of nitrogens with one attached hydrogen (secondary N) is 5. The average molecular weight is 857 g/mol. The van der Waals surface area contributed by atoms with Gasteiger partial charge in [-0.05, 0) is 56.2 Å². The number of Topliss-reactive ketones (excluding diaryl/α,β-unsaturated/α-hetero) is 4. The second-order valence-corrected chi connectivity index (χ2v) is 16.3. The first-order valence-electron chi connectivity index (χ1n) is 20.6. The molecule has 9 atom stereocenters. The lowest BCUT2D eigenvalue weighted by atomic mass is 9.86. The first-order chi connectivity index (χ1) is 28.7. The van der Waals surface area contributed by atoms with Crippen LogP contribution in [-0.2, 0) is 51.2 Å². The molecule has 0 saturated carbocycles. The van der Waals surface area contributed by atoms with Crippen LogP contribution >= 0.6 is 0 Å². The molecule has 0 fully saturated rings. The summed E-state index contributed by atoms with van der Waals surface area (Å²) in [5.41, 5.74) is 1.14. The third kappa shape index (κ3) is 17.3. The Balaban J connectivity index is 2.27. The van der Waals surface area contributed by atoms with E-state index in [1.165, 1.54) is 45.4 Å². The molecule has 0 aliphatic carbocycles. The van der Waals surface area contributed by atoms with Crippen LogP contribution in [-0.4, -0.2) is 121 Å². The predicted molar refractivity (Wildman–Crippen MR) is 222 cm³/mol. The Labute approximate surface area is 356 Å². The van der Waals surface area contributed by atoms with Crippen molar-refractivity contribution in [1.29, 1.82) is 0 Å². The fraction of sp³-hybridized carbons (Fsp3) is 0.605. The highest BCUT2D eigenvalue weighted by Gasteiger charge is 2.37. The Morgan fingerprint density at radius 1 is 0.705 bits per heavy atom. The van der Waals surface area contributed by atoms with Gasteiger partial charge in [0.25, 0.3) is 0 Å². The third-order valence-corrected chi connectivity index (χ3v) is 10.6. The molecule has 18 heteroatoms. The number of ketones is 4. The van der Waals surface area contributed by atoms with Crippen LogP contribution in [0.4, 0.5) is 0 Å². The number of phenols is 1. The molecule has 1 unspecified atom stereocenters. The summed E-state index contributed by atoms with van der Waals surface area (Å²) in [5, 5.41) is 50.3. The topological polar surface area (TPSA) is 294 Å². The summed E-state index contributed by atoms with van der Waals surface area (Å²) in [4.78, 5) is 113. The maximum Gasteiger partial charge on any atom is 0.226 e. The molecular weight excluding hydrogens is 793 g/mol. The summed E-state index contributed by atoms with van der Waals surface area (Å²) in [6.07, 6.45) is 0.852. The number of aliphatic hydroxyl groups is 3. The van der Waals surface area contributed by atoms with Gasteiger partial charge in [-0.15, -0.1) is 0 Å². The molecule has 1 heterocycles. The van der Waals surface area contributed by atoms with Crippen LogP contribution in [0.5, 0.6) is 5.75 Å². The van der Waals surface area contributed by atoms with Crippen LogP contribution in [0.15, 0.2) is 36.8 Å². The van der Waals surface area contributed by atoms with Gasteiger partial charge in [0.15, 0.2) is 23.1 Å². The van der Waals surface area contributed by atoms with Crippen molar-refractivity contribution in [2.75, 3.05) is 13.2 Å². The SMILES string of the molecule is CC[C@H](C)[C@H](NC(=O)[C@@H](CC(=O)[C@H](CO)NC(=O)C(CC(=O)[C@H](Cc1ccc(O)cc1)NC(C)=O)[C@@H](C)O)CC(C)C)C(=O)C[C@@H](Cc1cnc[nH]1)C(=O)N[C@@H](CO)C(C)=O. The number of nitrogens with zero attached hydrogens (tertiary/aromatic N) is 1. The van der Waals surface area contributed by atoms with Gasteiger partial charge in [-0.1, -0.05) is 46.2 Å². The molecule has 18 nitrogen and oxygen atoms in total. The Hall–Kier alpha value is -5.33. The zero-order valence-electron chi connectivity index (χ0n) is 36.1. The van der Waals surface area contributed by atoms with Gasteiger partial charge < -0.3 is 46.7 Å². The van der Waals surface area contributed by atoms with E-state index in [1.807, 2.05) is 20.8 Å². The fourth-order valence-corrected chi connectivity index (χ4v) is 6.85. The number of carbonyl (C=O) groups excluding carboxylic acids is 8. The van der Waals surface area contributed by atoms with E-state index in [1.54, 1.807) is 19.1 Å². The Morgan fingerprint density at radius 3 is 1.79 bits per heavy atom. The van der Waals surface area contributed by atoms with E-state index in [-0.39, 0.29) is 37.4 Å². The fourth-order valence-electron chi connectivity index (χ4n) is 6.85. The maximum atomic E-state index is 14.0. The number of aromatic amines is 1. The highest BCUT2D eigenvalue weighted by molar-refractivity contribution is 5.97. The van der Waals surface area contributed by atoms with Gasteiger partial charge in [-0.3, -0.25) is 38.4 Å². The summed E-state index contributed by atoms with van der Waals surface area (Å²) < 4.78 is 0. The van der Waals surface area contributed by atoms with Crippen molar-refractivity contribution in [2.45, 2.75) is 124 Å². The van der Waals surface area contributed by atoms with Gasteiger partial charge in [-0.25, -0.2) is 4.98 Å². The largest absolute Gasteiger partial charge is 0.508 e. The summed E-state index contributed by atoms with van der Waals surface area (Å²) in [6, 6.07) is 1.09. The quantitative estimate of drug-likeness (QED) is 0.0569. The van der Waals surface area contributed by atoms with Crippen LogP contribution in [0, 0.1) is 29.6 Å². The summed E-state index contributed by atoms with van der Waals surface area (Å²) in [6.45, 7) is 9.42. The number of phenolic OH excluding ortho intramolecular Hbond substituents is 1. The molecule has 0 bridgehead atoms. The zero-order valence-corrected chi connectivity index (χ0v) is 36.1. The van der Waals surface area contributed by atoms with Crippen LogP contribution in [0.2, 0.25) is 0 Å². The second kappa shape index (κ2) is 25.4. The number of aromatic nitrogens is 2. The van der Waals surface area contributed by atoms with Crippen molar-refractivity contribution in [2.24, 2.45) is 29.6 Å². The zero-order chi connectivity index (χ0) is 46.0. The van der Waals surface area contributed by atoms with E-state index >= 15 is 0 Å². The van der Waals surface area contributed by atoms with Gasteiger partial charge in [0, 0.05) is 50.4 Å². The lowest BCUT2D eigenvalue weighted by Gasteiger charge is -2.28. The van der Waals surface area contributed by atoms with Gasteiger partial charge in [-0.2, -0.15) is 0 Å². The Bertz CT molecular complexity index is 1780. The number of amides is 4. The number of hydrogen-bond donors (Lipinski definition) is 9. The molecule has 2 aromatic rings. The summed E-state index contributed by atoms with van der Waals surface area (Å²) in [5.74, 6) is -8.95. The molecule has 1 aromatic heterocycles. The first kappa shape index (κ1) is 51.8. The van der Waals surface area contributed by atoms with Crippen LogP contribution in [0.25, 0.3) is 0 Å². The van der Waals surface area contributed by atoms with Crippen molar-refractivity contribution < 1.29 is 58.8 Å². The highest BCUT2D eigenvalue weighted by atomic mass is 16.3. The molecular formula is C43H64N6O12. The molecule has 61 heavy (non-hydrogen) atoms. The number of aliphatic hydroxyl groups excluding tert-OH is 3. The molecule has 0 aliphatic rings. The number of rotatable bonds is 28. The minimum Gasteiger partial charge on any atom is -0.508 e. The maximum absolute atomic E-state index is 14.0. The minimum atomic E-state index is -1.53. The molecule has 0 spiro atoms. The Kier molecular flexibility index (Phi) is 21.6. The monoisotopic (exact) mass is 856 g/mol. The van der Waals surface area contributed by atoms with Crippen molar-refractivity contribution in [3.8, 4) is 5.75 Å². The minimum absolute atomic E-state index is 0.00213. The van der Waals surface area contributed by atoms with Crippen molar-refractivity contribution in [1.82, 2.24) is 31.2 Å². The van der Waals surface area contributed by atoms with Crippen LogP contribution in [0.1, 0.15) is 91.8 Å². The Morgan fingerprint density at radius 2 is 1.28 bits per heavy atom.